The van der Waals surface area contributed by atoms with Gasteiger partial charge in [-0.2, -0.15) is 0 Å². The van der Waals surface area contributed by atoms with Crippen LogP contribution in [0.15, 0.2) is 30.3 Å². The third-order valence-electron chi connectivity index (χ3n) is 4.75. The molecular weight excluding hydrogens is 264 g/mol. The summed E-state index contributed by atoms with van der Waals surface area (Å²) in [6, 6.07) is 9.86. The van der Waals surface area contributed by atoms with Gasteiger partial charge in [0, 0.05) is 19.0 Å². The van der Waals surface area contributed by atoms with Gasteiger partial charge in [0.1, 0.15) is 0 Å². The molecule has 21 heavy (non-hydrogen) atoms. The average Bonchev–Trinajstić information content (AvgIpc) is 2.78. The van der Waals surface area contributed by atoms with E-state index in [1.54, 1.807) is 0 Å². The Morgan fingerprint density at radius 2 is 2.00 bits per heavy atom. The van der Waals surface area contributed by atoms with Crippen molar-refractivity contribution in [3.63, 3.8) is 0 Å². The molecule has 4 nitrogen and oxygen atoms in total. The van der Waals surface area contributed by atoms with Gasteiger partial charge in [0.05, 0.1) is 5.92 Å². The van der Waals surface area contributed by atoms with Crippen LogP contribution in [0.3, 0.4) is 0 Å². The molecule has 2 aliphatic heterocycles. The van der Waals surface area contributed by atoms with Gasteiger partial charge in [-0.05, 0) is 30.9 Å². The van der Waals surface area contributed by atoms with Gasteiger partial charge >= 0.3 is 0 Å². The van der Waals surface area contributed by atoms with Crippen molar-refractivity contribution in [1.29, 1.82) is 0 Å². The van der Waals surface area contributed by atoms with Gasteiger partial charge in [0.25, 0.3) is 0 Å². The number of hydrogen-bond acceptors (Lipinski definition) is 3. The highest BCUT2D eigenvalue weighted by atomic mass is 16.2. The highest BCUT2D eigenvalue weighted by Gasteiger charge is 2.40. The van der Waals surface area contributed by atoms with Crippen molar-refractivity contribution in [1.82, 2.24) is 10.2 Å². The molecule has 2 saturated heterocycles. The van der Waals surface area contributed by atoms with Gasteiger partial charge in [-0.1, -0.05) is 37.3 Å². The summed E-state index contributed by atoms with van der Waals surface area (Å²) >= 11 is 0. The number of amides is 2. The molecule has 3 atom stereocenters. The summed E-state index contributed by atoms with van der Waals surface area (Å²) in [6.07, 6.45) is 2.64. The monoisotopic (exact) mass is 286 g/mol. The summed E-state index contributed by atoms with van der Waals surface area (Å²) in [6.45, 7) is 3.69. The Balaban J connectivity index is 1.72. The van der Waals surface area contributed by atoms with Gasteiger partial charge in [-0.3, -0.25) is 14.5 Å². The molecule has 1 aromatic carbocycles. The van der Waals surface area contributed by atoms with Crippen molar-refractivity contribution in [2.75, 3.05) is 13.1 Å². The molecule has 2 fully saturated rings. The molecular formula is C17H22N2O2. The maximum Gasteiger partial charge on any atom is 0.237 e. The second kappa shape index (κ2) is 5.98. The number of benzene rings is 1. The molecule has 112 valence electrons. The molecule has 3 unspecified atom stereocenters. The molecule has 0 aliphatic carbocycles. The zero-order valence-corrected chi connectivity index (χ0v) is 12.4. The van der Waals surface area contributed by atoms with E-state index in [0.717, 1.165) is 18.5 Å². The maximum atomic E-state index is 12.6. The number of rotatable bonds is 3. The number of nitrogens with zero attached hydrogens (tertiary/aromatic N) is 1. The average molecular weight is 286 g/mol. The van der Waals surface area contributed by atoms with Crippen LogP contribution in [-0.2, 0) is 9.59 Å². The van der Waals surface area contributed by atoms with E-state index in [2.05, 4.69) is 12.2 Å². The molecule has 1 N–H and O–H groups in total. The number of carbonyl (C=O) groups is 2. The molecule has 1 aromatic rings. The second-order valence-corrected chi connectivity index (χ2v) is 6.19. The third-order valence-corrected chi connectivity index (χ3v) is 4.75. The lowest BCUT2D eigenvalue weighted by Gasteiger charge is -2.32. The summed E-state index contributed by atoms with van der Waals surface area (Å²) < 4.78 is 0. The van der Waals surface area contributed by atoms with Crippen LogP contribution in [-0.4, -0.2) is 35.8 Å². The van der Waals surface area contributed by atoms with Crippen molar-refractivity contribution >= 4 is 11.8 Å². The minimum atomic E-state index is -0.294. The van der Waals surface area contributed by atoms with Gasteiger partial charge in [0.2, 0.25) is 11.8 Å². The first-order chi connectivity index (χ1) is 10.2. The van der Waals surface area contributed by atoms with Crippen molar-refractivity contribution in [3.8, 4) is 0 Å². The first-order valence-corrected chi connectivity index (χ1v) is 7.79. The summed E-state index contributed by atoms with van der Waals surface area (Å²) in [4.78, 5) is 26.3. The van der Waals surface area contributed by atoms with Gasteiger partial charge < -0.3 is 5.32 Å². The van der Waals surface area contributed by atoms with E-state index in [0.29, 0.717) is 18.9 Å². The molecule has 0 spiro atoms. The van der Waals surface area contributed by atoms with E-state index in [4.69, 9.17) is 0 Å². The fourth-order valence-corrected chi connectivity index (χ4v) is 3.38. The Morgan fingerprint density at radius 3 is 2.71 bits per heavy atom. The number of piperidine rings is 1. The van der Waals surface area contributed by atoms with Crippen molar-refractivity contribution in [3.05, 3.63) is 35.9 Å². The topological polar surface area (TPSA) is 49.4 Å². The molecule has 0 bridgehead atoms. The molecule has 3 rings (SSSR count). The first-order valence-electron chi connectivity index (χ1n) is 7.79. The summed E-state index contributed by atoms with van der Waals surface area (Å²) in [5.41, 5.74) is 0.947. The Morgan fingerprint density at radius 1 is 1.24 bits per heavy atom. The van der Waals surface area contributed by atoms with Crippen molar-refractivity contribution in [2.45, 2.75) is 38.1 Å². The van der Waals surface area contributed by atoms with Crippen LogP contribution in [0, 0.1) is 5.92 Å². The summed E-state index contributed by atoms with van der Waals surface area (Å²) in [5, 5.41) is 3.45. The normalized spacial score (nSPS) is 30.0. The Kier molecular flexibility index (Phi) is 4.06. The Labute approximate surface area is 125 Å². The molecule has 2 heterocycles. The molecule has 0 saturated carbocycles. The first kappa shape index (κ1) is 14.3. The lowest BCUT2D eigenvalue weighted by molar-refractivity contribution is -0.139. The predicted octanol–water partition coefficient (Wildman–Crippen LogP) is 1.92. The molecule has 2 amide bonds. The number of hydrogen-bond donors (Lipinski definition) is 1. The second-order valence-electron chi connectivity index (χ2n) is 6.19. The largest absolute Gasteiger partial charge is 0.312 e. The van der Waals surface area contributed by atoms with Crippen LogP contribution < -0.4 is 5.32 Å². The van der Waals surface area contributed by atoms with E-state index < -0.39 is 0 Å². The van der Waals surface area contributed by atoms with Gasteiger partial charge in [0.15, 0.2) is 0 Å². The van der Waals surface area contributed by atoms with Gasteiger partial charge in [-0.25, -0.2) is 0 Å². The minimum Gasteiger partial charge on any atom is -0.312 e. The maximum absolute atomic E-state index is 12.6. The van der Waals surface area contributed by atoms with E-state index in [9.17, 15) is 9.59 Å². The van der Waals surface area contributed by atoms with E-state index >= 15 is 0 Å². The van der Waals surface area contributed by atoms with Crippen LogP contribution in [0.2, 0.25) is 0 Å². The molecule has 0 radical (unpaired) electrons. The molecule has 4 heteroatoms. The number of nitrogens with one attached hydrogen (secondary N) is 1. The third kappa shape index (κ3) is 2.86. The van der Waals surface area contributed by atoms with E-state index in [-0.39, 0.29) is 23.8 Å². The van der Waals surface area contributed by atoms with Gasteiger partial charge in [-0.15, -0.1) is 0 Å². The van der Waals surface area contributed by atoms with Crippen LogP contribution in [0.1, 0.15) is 37.7 Å². The highest BCUT2D eigenvalue weighted by Crippen LogP contribution is 2.30. The van der Waals surface area contributed by atoms with Crippen molar-refractivity contribution < 1.29 is 9.59 Å². The summed E-state index contributed by atoms with van der Waals surface area (Å²) in [5.74, 6) is 0.145. The van der Waals surface area contributed by atoms with Crippen LogP contribution in [0.25, 0.3) is 0 Å². The molecule has 0 aromatic heterocycles. The van der Waals surface area contributed by atoms with Crippen LogP contribution in [0.4, 0.5) is 0 Å². The fourth-order valence-electron chi connectivity index (χ4n) is 3.38. The van der Waals surface area contributed by atoms with Crippen molar-refractivity contribution in [2.24, 2.45) is 5.92 Å². The Hall–Kier alpha value is -1.68. The zero-order chi connectivity index (χ0) is 14.8. The van der Waals surface area contributed by atoms with Crippen LogP contribution in [0.5, 0.6) is 0 Å². The Bertz CT molecular complexity index is 529. The standard InChI is InChI=1S/C17H22N2O2/c1-12-6-5-9-18-15(12)11-19-16(20)10-14(17(19)21)13-7-3-2-4-8-13/h2-4,7-8,12,14-15,18H,5-6,9-11H2,1H3. The number of carbonyl (C=O) groups excluding carboxylic acids is 2. The SMILES string of the molecule is CC1CCCNC1CN1C(=O)CC(c2ccccc2)C1=O. The minimum absolute atomic E-state index is 0.0339. The van der Waals surface area contributed by atoms with E-state index in [1.165, 1.54) is 11.3 Å². The summed E-state index contributed by atoms with van der Waals surface area (Å²) in [7, 11) is 0. The fraction of sp³-hybridized carbons (Fsp3) is 0.529. The lowest BCUT2D eigenvalue weighted by atomic mass is 9.92. The molecule has 2 aliphatic rings. The predicted molar refractivity (Wildman–Crippen MR) is 80.7 cm³/mol. The number of imide groups is 1. The van der Waals surface area contributed by atoms with E-state index in [1.807, 2.05) is 30.3 Å². The zero-order valence-electron chi connectivity index (χ0n) is 12.4. The lowest BCUT2D eigenvalue weighted by Crippen LogP contribution is -2.49. The van der Waals surface area contributed by atoms with Crippen LogP contribution >= 0.6 is 0 Å². The quantitative estimate of drug-likeness (QED) is 0.864. The number of likely N-dealkylation sites (tertiary alicyclic amines) is 1. The smallest absolute Gasteiger partial charge is 0.237 e. The highest BCUT2D eigenvalue weighted by molar-refractivity contribution is 6.06.